The number of benzene rings is 1. The van der Waals surface area contributed by atoms with Crippen LogP contribution in [0, 0.1) is 5.92 Å². The highest BCUT2D eigenvalue weighted by Gasteiger charge is 2.39. The van der Waals surface area contributed by atoms with Crippen molar-refractivity contribution in [1.29, 1.82) is 0 Å². The van der Waals surface area contributed by atoms with E-state index in [9.17, 15) is 9.18 Å². The van der Waals surface area contributed by atoms with E-state index >= 15 is 0 Å². The first-order valence-corrected chi connectivity index (χ1v) is 14.8. The molecule has 5 heterocycles. The number of nitrogens with zero attached hydrogens (tertiary/aromatic N) is 7. The van der Waals surface area contributed by atoms with Crippen LogP contribution in [0.4, 0.5) is 4.39 Å². The number of halogens is 1. The van der Waals surface area contributed by atoms with Crippen LogP contribution in [-0.2, 0) is 25.4 Å². The molecule has 1 saturated carbocycles. The number of alkyl halides is 1. The smallest absolute Gasteiger partial charge is 0.255 e. The SMILES string of the molecule is [B]C([B])(Oc1cccc2cc(-c3nc4cc5c(nc4n3C)CCN(CCCF)C5=O)n(CC3CC3)c12)C([B])([B])n1ccnc1. The van der Waals surface area contributed by atoms with Crippen LogP contribution < -0.4 is 4.74 Å². The summed E-state index contributed by atoms with van der Waals surface area (Å²) in [4.78, 5) is 28.7. The zero-order valence-electron chi connectivity index (χ0n) is 24.5. The summed E-state index contributed by atoms with van der Waals surface area (Å²) in [6.07, 6.45) is 7.69. The molecular weight excluding hydrogens is 553 g/mol. The fraction of sp³-hybridized carbons (Fsp3) is 0.400. The number of rotatable bonds is 10. The lowest BCUT2D eigenvalue weighted by Gasteiger charge is -2.45. The first-order valence-electron chi connectivity index (χ1n) is 14.8. The maximum Gasteiger partial charge on any atom is 0.255 e. The van der Waals surface area contributed by atoms with Gasteiger partial charge in [0.25, 0.3) is 5.91 Å². The number of pyridine rings is 1. The van der Waals surface area contributed by atoms with Gasteiger partial charge in [0.05, 0.1) is 51.2 Å². The first-order chi connectivity index (χ1) is 21.1. The normalized spacial score (nSPS) is 15.8. The number of carbonyl (C=O) groups excluding carboxylic acids is 1. The Morgan fingerprint density at radius 3 is 2.68 bits per heavy atom. The zero-order chi connectivity index (χ0) is 30.8. The highest BCUT2D eigenvalue weighted by molar-refractivity contribution is 6.52. The van der Waals surface area contributed by atoms with Crippen LogP contribution in [0.15, 0.2) is 49.1 Å². The number of hydrogen-bond acceptors (Lipinski definition) is 5. The molecule has 0 spiro atoms. The van der Waals surface area contributed by atoms with Crippen molar-refractivity contribution in [3.05, 3.63) is 60.3 Å². The number of aromatic nitrogens is 6. The number of imidazole rings is 2. The summed E-state index contributed by atoms with van der Waals surface area (Å²) in [6, 6.07) is 9.50. The molecule has 0 N–H and O–H groups in total. The van der Waals surface area contributed by atoms with Gasteiger partial charge in [-0.2, -0.15) is 0 Å². The Bertz CT molecular complexity index is 1880. The molecule has 9 nitrogen and oxygen atoms in total. The fourth-order valence-corrected chi connectivity index (χ4v) is 5.98. The molecule has 2 aliphatic rings. The molecule has 1 aromatic carbocycles. The predicted octanol–water partition coefficient (Wildman–Crippen LogP) is 2.57. The van der Waals surface area contributed by atoms with E-state index in [0.717, 1.165) is 41.7 Å². The number of hydrogen-bond donors (Lipinski definition) is 0. The number of amides is 1. The molecule has 1 aliphatic heterocycles. The van der Waals surface area contributed by atoms with E-state index in [4.69, 9.17) is 46.1 Å². The Balaban J connectivity index is 1.32. The van der Waals surface area contributed by atoms with E-state index < -0.39 is 17.4 Å². The third-order valence-electron chi connectivity index (χ3n) is 8.71. The molecule has 214 valence electrons. The molecule has 8 radical (unpaired) electrons. The quantitative estimate of drug-likeness (QED) is 0.237. The van der Waals surface area contributed by atoms with E-state index in [1.54, 1.807) is 17.2 Å². The largest absolute Gasteiger partial charge is 0.504 e. The second-order valence-electron chi connectivity index (χ2n) is 11.9. The van der Waals surface area contributed by atoms with Crippen molar-refractivity contribution in [3.8, 4) is 17.3 Å². The number of para-hydroxylation sites is 1. The summed E-state index contributed by atoms with van der Waals surface area (Å²) < 4.78 is 24.6. The van der Waals surface area contributed by atoms with Crippen LogP contribution >= 0.6 is 0 Å². The van der Waals surface area contributed by atoms with E-state index in [1.807, 2.05) is 29.8 Å². The maximum absolute atomic E-state index is 13.2. The Morgan fingerprint density at radius 1 is 1.14 bits per heavy atom. The Hall–Kier alpha value is -3.95. The van der Waals surface area contributed by atoms with Gasteiger partial charge >= 0.3 is 0 Å². The standard InChI is InChI=1S/C30H28B4FN7O2/c1-39-26-22(15-20-21(37-26)8-12-40(28(20)43)11-3-9-35)38-27(39)23-14-19-4-2-5-24(25(19)42(23)16-18-6-7-18)44-30(33,34)29(31,32)41-13-10-36-17-41/h2,4-5,10,13-15,17-18H,3,6-9,11-12,16H2,1H3. The third kappa shape index (κ3) is 4.73. The molecule has 44 heavy (non-hydrogen) atoms. The van der Waals surface area contributed by atoms with Gasteiger partial charge in [0.15, 0.2) is 11.5 Å². The van der Waals surface area contributed by atoms with Gasteiger partial charge in [-0.05, 0) is 48.7 Å². The van der Waals surface area contributed by atoms with E-state index in [2.05, 4.69) is 15.6 Å². The highest BCUT2D eigenvalue weighted by Crippen LogP contribution is 2.40. The summed E-state index contributed by atoms with van der Waals surface area (Å²) in [5, 5.41) is -2.93. The molecule has 7 rings (SSSR count). The average Bonchev–Trinajstić information content (AvgIpc) is 3.35. The highest BCUT2D eigenvalue weighted by atomic mass is 19.1. The average molecular weight is 581 g/mol. The van der Waals surface area contributed by atoms with Crippen molar-refractivity contribution in [2.75, 3.05) is 19.8 Å². The van der Waals surface area contributed by atoms with E-state index in [1.165, 1.54) is 17.1 Å². The van der Waals surface area contributed by atoms with Gasteiger partial charge in [0.1, 0.15) is 27.0 Å². The van der Waals surface area contributed by atoms with Crippen molar-refractivity contribution < 1.29 is 13.9 Å². The van der Waals surface area contributed by atoms with Gasteiger partial charge in [0, 0.05) is 56.3 Å². The Kier molecular flexibility index (Phi) is 6.93. The number of ether oxygens (including phenoxy) is 1. The van der Waals surface area contributed by atoms with Crippen LogP contribution in [0.3, 0.4) is 0 Å². The van der Waals surface area contributed by atoms with Crippen LogP contribution in [0.2, 0.25) is 0 Å². The molecule has 0 bridgehead atoms. The molecule has 1 aliphatic carbocycles. The second kappa shape index (κ2) is 10.6. The number of aryl methyl sites for hydroxylation is 1. The third-order valence-corrected chi connectivity index (χ3v) is 8.71. The fourth-order valence-electron chi connectivity index (χ4n) is 5.98. The van der Waals surface area contributed by atoms with Gasteiger partial charge in [-0.25, -0.2) is 15.0 Å². The Labute approximate surface area is 259 Å². The lowest BCUT2D eigenvalue weighted by Crippen LogP contribution is -2.61. The molecule has 4 aromatic heterocycles. The Morgan fingerprint density at radius 2 is 1.95 bits per heavy atom. The van der Waals surface area contributed by atoms with E-state index in [0.29, 0.717) is 60.2 Å². The summed E-state index contributed by atoms with van der Waals surface area (Å²) >= 11 is 0. The molecule has 0 unspecified atom stereocenters. The molecule has 0 saturated heterocycles. The van der Waals surface area contributed by atoms with Crippen molar-refractivity contribution in [1.82, 2.24) is 33.6 Å². The van der Waals surface area contributed by atoms with Crippen molar-refractivity contribution in [2.24, 2.45) is 13.0 Å². The van der Waals surface area contributed by atoms with Gasteiger partial charge in [0.2, 0.25) is 0 Å². The molecular formula is C30H28B4FN7O2. The molecule has 0 atom stereocenters. The lowest BCUT2D eigenvalue weighted by atomic mass is 9.40. The van der Waals surface area contributed by atoms with Crippen molar-refractivity contribution >= 4 is 59.4 Å². The molecule has 14 heteroatoms. The van der Waals surface area contributed by atoms with Crippen molar-refractivity contribution in [3.63, 3.8) is 0 Å². The summed E-state index contributed by atoms with van der Waals surface area (Å²) in [5.41, 5.74) is 4.19. The summed E-state index contributed by atoms with van der Waals surface area (Å²) in [5.74, 6) is 1.48. The second-order valence-corrected chi connectivity index (χ2v) is 11.9. The minimum atomic E-state index is -2.01. The van der Waals surface area contributed by atoms with Crippen molar-refractivity contribution in [2.45, 2.75) is 43.0 Å². The van der Waals surface area contributed by atoms with Gasteiger partial charge in [-0.1, -0.05) is 12.1 Å². The molecule has 1 amide bonds. The minimum absolute atomic E-state index is 0.135. The predicted molar refractivity (Wildman–Crippen MR) is 169 cm³/mol. The summed E-state index contributed by atoms with van der Waals surface area (Å²) in [7, 11) is 27.6. The number of carbonyl (C=O) groups is 1. The van der Waals surface area contributed by atoms with Gasteiger partial charge in [-0.3, -0.25) is 9.18 Å². The monoisotopic (exact) mass is 581 g/mol. The topological polar surface area (TPSA) is 83.0 Å². The van der Waals surface area contributed by atoms with E-state index in [-0.39, 0.29) is 5.91 Å². The lowest BCUT2D eigenvalue weighted by molar-refractivity contribution is 0.0733. The molecule has 5 aromatic rings. The van der Waals surface area contributed by atoms with Crippen LogP contribution in [0.1, 0.15) is 35.3 Å². The van der Waals surface area contributed by atoms with Gasteiger partial charge in [-0.15, -0.1) is 0 Å². The zero-order valence-corrected chi connectivity index (χ0v) is 24.5. The van der Waals surface area contributed by atoms with Gasteiger partial charge < -0.3 is 23.3 Å². The van der Waals surface area contributed by atoms with Crippen LogP contribution in [0.5, 0.6) is 5.75 Å². The first kappa shape index (κ1) is 28.8. The number of fused-ring (bicyclic) bond motifs is 3. The van der Waals surface area contributed by atoms with Crippen LogP contribution in [0.25, 0.3) is 33.6 Å². The molecule has 1 fully saturated rings. The maximum atomic E-state index is 13.2. The van der Waals surface area contributed by atoms with Crippen LogP contribution in [-0.4, -0.2) is 96.0 Å². The minimum Gasteiger partial charge on any atom is -0.504 e. The summed E-state index contributed by atoms with van der Waals surface area (Å²) in [6.45, 7) is 1.18.